The largest absolute Gasteiger partial charge is 0.300 e. The van der Waals surface area contributed by atoms with Crippen molar-refractivity contribution >= 4 is 0 Å². The zero-order valence-electron chi connectivity index (χ0n) is 37.4. The average Bonchev–Trinajstić information content (AvgIpc) is 3.52. The number of hydrogen-bond acceptors (Lipinski definition) is 6. The molecule has 7 fully saturated rings. The molecule has 7 saturated heterocycles. The number of nitrogens with zero attached hydrogens (tertiary/aromatic N) is 6. The Labute approximate surface area is 315 Å². The van der Waals surface area contributed by atoms with E-state index >= 15 is 0 Å². The van der Waals surface area contributed by atoms with Gasteiger partial charge < -0.3 is 0 Å². The minimum absolute atomic E-state index is 0.483. The van der Waals surface area contributed by atoms with Crippen LogP contribution in [-0.4, -0.2) is 143 Å². The topological polar surface area (TPSA) is 19.4 Å². The lowest BCUT2D eigenvalue weighted by Gasteiger charge is -2.50. The van der Waals surface area contributed by atoms with Gasteiger partial charge in [0.25, 0.3) is 0 Å². The van der Waals surface area contributed by atoms with Gasteiger partial charge in [-0.3, -0.25) is 29.4 Å². The molecule has 0 N–H and O–H groups in total. The van der Waals surface area contributed by atoms with Gasteiger partial charge in [0.2, 0.25) is 0 Å². The number of hydrogen-bond donors (Lipinski definition) is 0. The molecule has 0 aromatic heterocycles. The highest BCUT2D eigenvalue weighted by Gasteiger charge is 2.48. The average molecular weight is 705 g/mol. The standard InChI is InChI=1S/2C15H30N2.C11H24N2.C3H8/c1-11(2)16-8-13-7-15(5,6)14(10-16)17(9-13)12(3)4;1-11(2)16-8-7-14-15(5,6)9-13(16)10-17(14)12(3)4;1-10(2)12-6-5-7-13(9-8-12)11(3)4;1-3-2/h2*11-14H,7-10H2,1-6H3;10-11H,5-9H2,1-4H3;3H2,1-2H3. The molecule has 7 heterocycles. The van der Waals surface area contributed by atoms with E-state index < -0.39 is 0 Å². The summed E-state index contributed by atoms with van der Waals surface area (Å²) in [6.07, 6.45) is 6.71. The van der Waals surface area contributed by atoms with Crippen molar-refractivity contribution in [3.05, 3.63) is 0 Å². The van der Waals surface area contributed by atoms with Crippen LogP contribution in [0.3, 0.4) is 0 Å². The summed E-state index contributed by atoms with van der Waals surface area (Å²) < 4.78 is 0. The van der Waals surface area contributed by atoms with Crippen molar-refractivity contribution in [1.29, 1.82) is 0 Å². The lowest BCUT2D eigenvalue weighted by molar-refractivity contribution is -0.00779. The first-order valence-corrected chi connectivity index (χ1v) is 21.7. The maximum atomic E-state index is 2.76. The molecule has 0 aliphatic carbocycles. The van der Waals surface area contributed by atoms with Crippen molar-refractivity contribution in [3.8, 4) is 0 Å². The van der Waals surface area contributed by atoms with Gasteiger partial charge in [-0.1, -0.05) is 48.0 Å². The quantitative estimate of drug-likeness (QED) is 0.273. The molecule has 7 aliphatic rings. The van der Waals surface area contributed by atoms with Crippen LogP contribution in [0.5, 0.6) is 0 Å². The summed E-state index contributed by atoms with van der Waals surface area (Å²) in [5, 5.41) is 0. The molecule has 298 valence electrons. The predicted octanol–water partition coefficient (Wildman–Crippen LogP) is 9.04. The van der Waals surface area contributed by atoms with Gasteiger partial charge in [-0.05, 0) is 139 Å². The highest BCUT2D eigenvalue weighted by molar-refractivity contribution is 5.02. The van der Waals surface area contributed by atoms with E-state index in [-0.39, 0.29) is 0 Å². The molecule has 0 saturated carbocycles. The third-order valence-corrected chi connectivity index (χ3v) is 12.8. The minimum Gasteiger partial charge on any atom is -0.300 e. The molecular weight excluding hydrogens is 613 g/mol. The van der Waals surface area contributed by atoms with E-state index in [9.17, 15) is 0 Å². The molecule has 0 aromatic rings. The normalized spacial score (nSPS) is 29.8. The van der Waals surface area contributed by atoms with Crippen LogP contribution in [0.1, 0.15) is 157 Å². The molecular formula is C44H92N6. The summed E-state index contributed by atoms with van der Waals surface area (Å²) >= 11 is 0. The van der Waals surface area contributed by atoms with E-state index in [1.807, 2.05) is 0 Å². The first-order valence-electron chi connectivity index (χ1n) is 21.7. The number of piperidine rings is 2. The maximum Gasteiger partial charge on any atom is 0.0277 e. The summed E-state index contributed by atoms with van der Waals surface area (Å²) in [5.41, 5.74) is 0.966. The minimum atomic E-state index is 0.483. The summed E-state index contributed by atoms with van der Waals surface area (Å²) in [5.74, 6) is 0.869. The molecule has 7 rings (SSSR count). The fourth-order valence-electron chi connectivity index (χ4n) is 10.0. The highest BCUT2D eigenvalue weighted by atomic mass is 15.3. The Bertz CT molecular complexity index is 899. The molecule has 4 atom stereocenters. The molecule has 6 nitrogen and oxygen atoms in total. The number of rotatable bonds is 6. The second-order valence-electron chi connectivity index (χ2n) is 20.0. The highest BCUT2D eigenvalue weighted by Crippen LogP contribution is 2.43. The molecule has 0 aromatic carbocycles. The molecule has 4 bridgehead atoms. The Morgan fingerprint density at radius 3 is 1.34 bits per heavy atom. The van der Waals surface area contributed by atoms with Crippen LogP contribution < -0.4 is 0 Å². The third-order valence-electron chi connectivity index (χ3n) is 12.8. The molecule has 0 spiro atoms. The zero-order chi connectivity index (χ0) is 38.1. The Balaban J connectivity index is 0.000000252. The van der Waals surface area contributed by atoms with E-state index in [1.54, 1.807) is 0 Å². The van der Waals surface area contributed by atoms with Crippen molar-refractivity contribution in [2.45, 2.75) is 211 Å². The monoisotopic (exact) mass is 705 g/mol. The van der Waals surface area contributed by atoms with Gasteiger partial charge in [-0.25, -0.2) is 0 Å². The maximum absolute atomic E-state index is 2.76. The van der Waals surface area contributed by atoms with Crippen LogP contribution in [-0.2, 0) is 0 Å². The summed E-state index contributed by atoms with van der Waals surface area (Å²) in [7, 11) is 0. The van der Waals surface area contributed by atoms with Crippen molar-refractivity contribution in [1.82, 2.24) is 29.4 Å². The predicted molar refractivity (Wildman–Crippen MR) is 223 cm³/mol. The Morgan fingerprint density at radius 1 is 0.460 bits per heavy atom. The van der Waals surface area contributed by atoms with E-state index in [0.717, 1.165) is 24.0 Å². The van der Waals surface area contributed by atoms with E-state index in [4.69, 9.17) is 0 Å². The van der Waals surface area contributed by atoms with Crippen molar-refractivity contribution in [2.24, 2.45) is 16.7 Å². The zero-order valence-corrected chi connectivity index (χ0v) is 37.4. The van der Waals surface area contributed by atoms with Gasteiger partial charge >= 0.3 is 0 Å². The van der Waals surface area contributed by atoms with Gasteiger partial charge in [0, 0.05) is 100 Å². The van der Waals surface area contributed by atoms with Crippen LogP contribution >= 0.6 is 0 Å². The van der Waals surface area contributed by atoms with Gasteiger partial charge in [-0.15, -0.1) is 0 Å². The fourth-order valence-corrected chi connectivity index (χ4v) is 10.0. The molecule has 7 aliphatic heterocycles. The smallest absolute Gasteiger partial charge is 0.0277 e. The molecule has 4 unspecified atom stereocenters. The van der Waals surface area contributed by atoms with Crippen molar-refractivity contribution < 1.29 is 0 Å². The van der Waals surface area contributed by atoms with Crippen molar-refractivity contribution in [2.75, 3.05) is 58.9 Å². The first kappa shape index (κ1) is 45.9. The lowest BCUT2D eigenvalue weighted by Crippen LogP contribution is -2.57. The van der Waals surface area contributed by atoms with Gasteiger partial charge in [0.15, 0.2) is 0 Å². The second-order valence-corrected chi connectivity index (χ2v) is 20.0. The Kier molecular flexibility index (Phi) is 18.8. The second kappa shape index (κ2) is 20.4. The van der Waals surface area contributed by atoms with Crippen LogP contribution in [0.25, 0.3) is 0 Å². The van der Waals surface area contributed by atoms with Gasteiger partial charge in [-0.2, -0.15) is 0 Å². The molecule has 6 heteroatoms. The number of fused-ring (bicyclic) bond motifs is 8. The fraction of sp³-hybridized carbons (Fsp3) is 1.00. The van der Waals surface area contributed by atoms with Gasteiger partial charge in [0.05, 0.1) is 0 Å². The summed E-state index contributed by atoms with van der Waals surface area (Å²) in [4.78, 5) is 16.1. The Morgan fingerprint density at radius 2 is 0.900 bits per heavy atom. The molecule has 50 heavy (non-hydrogen) atoms. The van der Waals surface area contributed by atoms with E-state index in [0.29, 0.717) is 47.1 Å². The van der Waals surface area contributed by atoms with Crippen LogP contribution in [0.15, 0.2) is 0 Å². The molecule has 0 radical (unpaired) electrons. The van der Waals surface area contributed by atoms with Crippen LogP contribution in [0, 0.1) is 16.7 Å². The van der Waals surface area contributed by atoms with Crippen LogP contribution in [0.2, 0.25) is 0 Å². The van der Waals surface area contributed by atoms with Crippen LogP contribution in [0.4, 0.5) is 0 Å². The summed E-state index contributed by atoms with van der Waals surface area (Å²) in [6, 6.07) is 6.49. The van der Waals surface area contributed by atoms with E-state index in [1.165, 1.54) is 91.0 Å². The first-order chi connectivity index (χ1) is 23.2. The lowest BCUT2D eigenvalue weighted by atomic mass is 9.73. The van der Waals surface area contributed by atoms with Crippen molar-refractivity contribution in [3.63, 3.8) is 0 Å². The van der Waals surface area contributed by atoms with E-state index in [2.05, 4.69) is 154 Å². The third kappa shape index (κ3) is 13.0. The SMILES string of the molecule is CC(C)N1CC2CN(C(C)C)C(C1)C(C)(C)C2.CC(C)N1CCC2N(C(C)C)CC1CC2(C)C.CC(C)N1CCCN(C(C)C)CC1.CCC. The summed E-state index contributed by atoms with van der Waals surface area (Å²) in [6.45, 7) is 53.7. The molecule has 0 amide bonds. The Hall–Kier alpha value is -0.240. The van der Waals surface area contributed by atoms with Gasteiger partial charge in [0.1, 0.15) is 0 Å².